The van der Waals surface area contributed by atoms with Crippen LogP contribution in [0, 0.1) is 5.41 Å². The van der Waals surface area contributed by atoms with E-state index < -0.39 is 5.54 Å². The molecule has 0 spiro atoms. The van der Waals surface area contributed by atoms with Crippen LogP contribution in [0.3, 0.4) is 0 Å². The summed E-state index contributed by atoms with van der Waals surface area (Å²) in [4.78, 5) is 23.9. The minimum atomic E-state index is -0.906. The van der Waals surface area contributed by atoms with Gasteiger partial charge in [-0.15, -0.1) is 12.4 Å². The highest BCUT2D eigenvalue weighted by Crippen LogP contribution is 2.40. The van der Waals surface area contributed by atoms with Gasteiger partial charge in [0.2, 0.25) is 11.9 Å². The van der Waals surface area contributed by atoms with Gasteiger partial charge in [-0.25, -0.2) is 9.97 Å². The Kier molecular flexibility index (Phi) is 6.15. The van der Waals surface area contributed by atoms with Crippen molar-refractivity contribution in [1.82, 2.24) is 15.3 Å². The van der Waals surface area contributed by atoms with Crippen molar-refractivity contribution in [2.75, 3.05) is 31.2 Å². The van der Waals surface area contributed by atoms with Crippen LogP contribution in [0.4, 0.5) is 5.95 Å². The lowest BCUT2D eigenvalue weighted by Gasteiger charge is -2.38. The van der Waals surface area contributed by atoms with Crippen LogP contribution in [0.5, 0.6) is 0 Å². The fourth-order valence-corrected chi connectivity index (χ4v) is 3.43. The minimum absolute atomic E-state index is 0. The molecule has 1 aliphatic heterocycles. The fourth-order valence-electron chi connectivity index (χ4n) is 3.43. The number of nitrogens with two attached hydrogens (primary N) is 1. The number of carbonyl (C=O) groups excluding carboxylic acids is 1. The van der Waals surface area contributed by atoms with Crippen LogP contribution in [0.15, 0.2) is 6.20 Å². The molecule has 3 N–H and O–H groups in total. The normalized spacial score (nSPS) is 22.2. The number of halogens is 1. The van der Waals surface area contributed by atoms with Crippen molar-refractivity contribution in [3.8, 4) is 0 Å². The molecule has 7 nitrogen and oxygen atoms in total. The lowest BCUT2D eigenvalue weighted by molar-refractivity contribution is -0.126. The first kappa shape index (κ1) is 20.9. The predicted molar refractivity (Wildman–Crippen MR) is 104 cm³/mol. The van der Waals surface area contributed by atoms with Crippen LogP contribution in [-0.4, -0.2) is 47.7 Å². The Morgan fingerprint density at radius 2 is 2.04 bits per heavy atom. The molecule has 26 heavy (non-hydrogen) atoms. The molecule has 1 amide bonds. The minimum Gasteiger partial charge on any atom is -0.378 e. The summed E-state index contributed by atoms with van der Waals surface area (Å²) in [6, 6.07) is -0.104. The van der Waals surface area contributed by atoms with E-state index in [1.807, 2.05) is 6.20 Å². The van der Waals surface area contributed by atoms with Gasteiger partial charge in [0.25, 0.3) is 0 Å². The molecule has 1 aromatic heterocycles. The topological polar surface area (TPSA) is 93.4 Å². The Morgan fingerprint density at radius 1 is 1.38 bits per heavy atom. The van der Waals surface area contributed by atoms with Crippen molar-refractivity contribution in [1.29, 1.82) is 0 Å². The summed E-state index contributed by atoms with van der Waals surface area (Å²) in [5.41, 5.74) is 7.12. The summed E-state index contributed by atoms with van der Waals surface area (Å²) in [5, 5.41) is 3.09. The molecule has 1 fully saturated rings. The third kappa shape index (κ3) is 4.64. The number of fused-ring (bicyclic) bond motifs is 1. The number of rotatable bonds is 3. The van der Waals surface area contributed by atoms with Crippen molar-refractivity contribution in [3.63, 3.8) is 0 Å². The Balaban J connectivity index is 0.00000243. The average Bonchev–Trinajstić information content (AvgIpc) is 2.53. The maximum atomic E-state index is 12.4. The molecule has 1 atom stereocenters. The van der Waals surface area contributed by atoms with Gasteiger partial charge in [-0.2, -0.15) is 0 Å². The first-order chi connectivity index (χ1) is 11.7. The van der Waals surface area contributed by atoms with Crippen LogP contribution in [0.25, 0.3) is 0 Å². The molecule has 1 aromatic rings. The zero-order valence-corrected chi connectivity index (χ0v) is 16.9. The molecule has 2 aliphatic rings. The van der Waals surface area contributed by atoms with Gasteiger partial charge >= 0.3 is 0 Å². The fraction of sp³-hybridized carbons (Fsp3) is 0.722. The number of anilines is 1. The molecule has 0 bridgehead atoms. The number of ether oxygens (including phenoxy) is 1. The van der Waals surface area contributed by atoms with Gasteiger partial charge in [0, 0.05) is 24.8 Å². The van der Waals surface area contributed by atoms with Gasteiger partial charge < -0.3 is 20.7 Å². The number of aromatic nitrogens is 2. The maximum absolute atomic E-state index is 12.4. The molecule has 2 heterocycles. The lowest BCUT2D eigenvalue weighted by atomic mass is 9.74. The van der Waals surface area contributed by atoms with E-state index in [0.29, 0.717) is 13.2 Å². The Bertz CT molecular complexity index is 653. The van der Waals surface area contributed by atoms with E-state index >= 15 is 0 Å². The van der Waals surface area contributed by atoms with Crippen molar-refractivity contribution < 1.29 is 9.53 Å². The Labute approximate surface area is 161 Å². The molecule has 0 aromatic carbocycles. The molecular formula is C18H30ClN5O2. The van der Waals surface area contributed by atoms with Gasteiger partial charge in [0.15, 0.2) is 0 Å². The summed E-state index contributed by atoms with van der Waals surface area (Å²) < 4.78 is 5.40. The zero-order valence-electron chi connectivity index (χ0n) is 16.0. The largest absolute Gasteiger partial charge is 0.378 e. The molecule has 0 radical (unpaired) electrons. The molecule has 1 saturated heterocycles. The maximum Gasteiger partial charge on any atom is 0.239 e. The lowest BCUT2D eigenvalue weighted by Crippen LogP contribution is -2.51. The number of nitrogens with zero attached hydrogens (tertiary/aromatic N) is 3. The summed E-state index contributed by atoms with van der Waals surface area (Å²) in [7, 11) is 0. The van der Waals surface area contributed by atoms with Crippen LogP contribution >= 0.6 is 12.4 Å². The van der Waals surface area contributed by atoms with E-state index in [2.05, 4.69) is 29.0 Å². The molecule has 0 saturated carbocycles. The van der Waals surface area contributed by atoms with E-state index in [-0.39, 0.29) is 29.8 Å². The molecular weight excluding hydrogens is 354 g/mol. The van der Waals surface area contributed by atoms with Crippen LogP contribution < -0.4 is 16.0 Å². The number of hydrogen-bond donors (Lipinski definition) is 2. The number of carbonyl (C=O) groups is 1. The second-order valence-electron chi connectivity index (χ2n) is 8.46. The van der Waals surface area contributed by atoms with Gasteiger partial charge in [-0.3, -0.25) is 4.79 Å². The third-order valence-electron chi connectivity index (χ3n) is 4.85. The zero-order chi connectivity index (χ0) is 18.2. The molecule has 3 rings (SSSR count). The number of hydrogen-bond acceptors (Lipinski definition) is 6. The smallest absolute Gasteiger partial charge is 0.239 e. The SMILES string of the molecule is CC1(C)Cc2nc(N3CCOCC3)ncc2C(NC(=O)C(C)(C)N)C1.Cl. The average molecular weight is 384 g/mol. The van der Waals surface area contributed by atoms with Crippen LogP contribution in [0.1, 0.15) is 51.4 Å². The van der Waals surface area contributed by atoms with E-state index in [1.165, 1.54) is 0 Å². The quantitative estimate of drug-likeness (QED) is 0.823. The molecule has 1 aliphatic carbocycles. The highest BCUT2D eigenvalue weighted by molar-refractivity contribution is 5.85. The summed E-state index contributed by atoms with van der Waals surface area (Å²) in [6.07, 6.45) is 3.60. The standard InChI is InChI=1S/C18H29N5O2.ClH/c1-17(2)9-13(21-15(24)18(3,4)19)12-11-20-16(22-14(12)10-17)23-5-7-25-8-6-23;/h11,13H,5-10,19H2,1-4H3,(H,21,24);1H. The van der Waals surface area contributed by atoms with Crippen molar-refractivity contribution in [2.24, 2.45) is 11.1 Å². The molecule has 8 heteroatoms. The third-order valence-corrected chi connectivity index (χ3v) is 4.85. The van der Waals surface area contributed by atoms with Gasteiger partial charge in [0.05, 0.1) is 30.5 Å². The van der Waals surface area contributed by atoms with Gasteiger partial charge in [-0.1, -0.05) is 13.8 Å². The predicted octanol–water partition coefficient (Wildman–Crippen LogP) is 1.60. The second kappa shape index (κ2) is 7.66. The summed E-state index contributed by atoms with van der Waals surface area (Å²) >= 11 is 0. The Hall–Kier alpha value is -1.44. The Morgan fingerprint density at radius 3 is 2.65 bits per heavy atom. The molecule has 1 unspecified atom stereocenters. The first-order valence-electron chi connectivity index (χ1n) is 8.94. The van der Waals surface area contributed by atoms with Crippen molar-refractivity contribution in [2.45, 2.75) is 52.1 Å². The van der Waals surface area contributed by atoms with E-state index in [1.54, 1.807) is 13.8 Å². The second-order valence-corrected chi connectivity index (χ2v) is 8.46. The van der Waals surface area contributed by atoms with Crippen LogP contribution in [0.2, 0.25) is 0 Å². The highest BCUT2D eigenvalue weighted by Gasteiger charge is 2.36. The number of nitrogens with one attached hydrogen (secondary N) is 1. The van der Waals surface area contributed by atoms with Crippen molar-refractivity contribution in [3.05, 3.63) is 17.5 Å². The monoisotopic (exact) mass is 383 g/mol. The van der Waals surface area contributed by atoms with E-state index in [4.69, 9.17) is 15.5 Å². The number of amides is 1. The van der Waals surface area contributed by atoms with Gasteiger partial charge in [-0.05, 0) is 32.1 Å². The highest BCUT2D eigenvalue weighted by atomic mass is 35.5. The van der Waals surface area contributed by atoms with E-state index in [0.717, 1.165) is 43.1 Å². The van der Waals surface area contributed by atoms with Crippen LogP contribution in [-0.2, 0) is 16.0 Å². The summed E-state index contributed by atoms with van der Waals surface area (Å²) in [5.74, 6) is 0.599. The van der Waals surface area contributed by atoms with Crippen molar-refractivity contribution >= 4 is 24.3 Å². The summed E-state index contributed by atoms with van der Waals surface area (Å²) in [6.45, 7) is 10.9. The van der Waals surface area contributed by atoms with E-state index in [9.17, 15) is 4.79 Å². The first-order valence-corrected chi connectivity index (χ1v) is 8.94. The van der Waals surface area contributed by atoms with Gasteiger partial charge in [0.1, 0.15) is 0 Å². The number of morpholine rings is 1. The molecule has 146 valence electrons.